The minimum absolute atomic E-state index is 0.0287. The van der Waals surface area contributed by atoms with Crippen LogP contribution in [-0.4, -0.2) is 69.1 Å². The van der Waals surface area contributed by atoms with Gasteiger partial charge in [-0.05, 0) is 37.5 Å². The second kappa shape index (κ2) is 14.5. The summed E-state index contributed by atoms with van der Waals surface area (Å²) in [6.07, 6.45) is -2.01. The molecule has 0 saturated heterocycles. The Morgan fingerprint density at radius 3 is 2.21 bits per heavy atom. The number of benzene rings is 1. The molecular formula is C21H29NO11. The van der Waals surface area contributed by atoms with E-state index in [1.807, 2.05) is 6.92 Å². The first kappa shape index (κ1) is 27.5. The molecule has 184 valence electrons. The highest BCUT2D eigenvalue weighted by Gasteiger charge is 2.22. The highest BCUT2D eigenvalue weighted by Crippen LogP contribution is 2.30. The lowest BCUT2D eigenvalue weighted by molar-refractivity contribution is -0.139. The highest BCUT2D eigenvalue weighted by molar-refractivity contribution is 5.74. The van der Waals surface area contributed by atoms with E-state index in [4.69, 9.17) is 18.9 Å². The monoisotopic (exact) mass is 471 g/mol. The molecule has 0 bridgehead atoms. The van der Waals surface area contributed by atoms with E-state index >= 15 is 0 Å². The van der Waals surface area contributed by atoms with Crippen LogP contribution in [-0.2, 0) is 30.2 Å². The summed E-state index contributed by atoms with van der Waals surface area (Å²) in [6, 6.07) is 3.08. The Balaban J connectivity index is 2.82. The van der Waals surface area contributed by atoms with Crippen LogP contribution in [0, 0.1) is 0 Å². The van der Waals surface area contributed by atoms with Crippen LogP contribution in [0.1, 0.15) is 32.3 Å². The van der Waals surface area contributed by atoms with E-state index in [2.05, 4.69) is 14.8 Å². The number of ether oxygens (including phenoxy) is 6. The molecule has 2 atom stereocenters. The molecule has 1 aromatic carbocycles. The number of unbranched alkanes of at least 4 members (excludes halogenated alkanes) is 1. The maximum absolute atomic E-state index is 11.7. The first-order valence-electron chi connectivity index (χ1n) is 10.1. The lowest BCUT2D eigenvalue weighted by atomic mass is 10.0. The molecular weight excluding hydrogens is 442 g/mol. The van der Waals surface area contributed by atoms with Gasteiger partial charge in [0.15, 0.2) is 11.5 Å². The topological polar surface area (TPSA) is 156 Å². The number of nitrogens with one attached hydrogen (secondary N) is 1. The van der Waals surface area contributed by atoms with E-state index in [1.54, 1.807) is 6.92 Å². The van der Waals surface area contributed by atoms with Crippen LogP contribution in [0.25, 0.3) is 0 Å². The van der Waals surface area contributed by atoms with Crippen LogP contribution in [0.15, 0.2) is 18.2 Å². The van der Waals surface area contributed by atoms with Crippen molar-refractivity contribution in [2.75, 3.05) is 27.4 Å². The zero-order chi connectivity index (χ0) is 24.8. The Morgan fingerprint density at radius 2 is 1.64 bits per heavy atom. The average Bonchev–Trinajstić information content (AvgIpc) is 2.77. The van der Waals surface area contributed by atoms with E-state index in [0.29, 0.717) is 12.0 Å². The molecule has 0 fully saturated rings. The van der Waals surface area contributed by atoms with E-state index in [9.17, 15) is 24.3 Å². The summed E-state index contributed by atoms with van der Waals surface area (Å²) in [7, 11) is 2.20. The van der Waals surface area contributed by atoms with Crippen molar-refractivity contribution in [3.63, 3.8) is 0 Å². The first-order valence-corrected chi connectivity index (χ1v) is 10.1. The van der Waals surface area contributed by atoms with Crippen LogP contribution in [0.4, 0.5) is 14.4 Å². The van der Waals surface area contributed by atoms with E-state index in [0.717, 1.165) is 20.6 Å². The summed E-state index contributed by atoms with van der Waals surface area (Å²) in [6.45, 7) is 3.85. The minimum Gasteiger partial charge on any atom is -0.480 e. The standard InChI is InChI=1S/C21H29NO11/c1-5-6-9-30-21(27)31-13(2)12-22-15(18(23)24)10-14-7-8-16(32-19(25)28-3)17(11-14)33-20(26)29-4/h7-8,11,13,15,22H,5-6,9-10,12H2,1-4H3,(H,23,24)/t13?,15-/m0/s1. The van der Waals surface area contributed by atoms with E-state index in [1.165, 1.54) is 18.2 Å². The number of carbonyl (C=O) groups excluding carboxylic acids is 3. The summed E-state index contributed by atoms with van der Waals surface area (Å²) in [5.74, 6) is -1.45. The normalized spacial score (nSPS) is 12.1. The van der Waals surface area contributed by atoms with Gasteiger partial charge in [-0.2, -0.15) is 0 Å². The third-order valence-corrected chi connectivity index (χ3v) is 4.13. The number of carboxylic acid groups (broad SMARTS) is 1. The summed E-state index contributed by atoms with van der Waals surface area (Å²) in [5.41, 5.74) is 0.443. The summed E-state index contributed by atoms with van der Waals surface area (Å²) in [4.78, 5) is 46.2. The number of hydrogen-bond acceptors (Lipinski definition) is 11. The van der Waals surface area contributed by atoms with Crippen molar-refractivity contribution in [3.05, 3.63) is 23.8 Å². The smallest absolute Gasteiger partial charge is 0.480 e. The van der Waals surface area contributed by atoms with Gasteiger partial charge in [0.05, 0.1) is 20.8 Å². The number of carbonyl (C=O) groups is 4. The molecule has 0 radical (unpaired) electrons. The maximum atomic E-state index is 11.7. The summed E-state index contributed by atoms with van der Waals surface area (Å²) in [5, 5.41) is 12.3. The molecule has 0 aliphatic carbocycles. The molecule has 0 heterocycles. The Kier molecular flexibility index (Phi) is 12.1. The number of aliphatic carboxylic acids is 1. The van der Waals surface area contributed by atoms with Crippen molar-refractivity contribution in [1.29, 1.82) is 0 Å². The fraction of sp³-hybridized carbons (Fsp3) is 0.524. The number of methoxy groups -OCH3 is 2. The SMILES string of the molecule is CCCCOC(=O)OC(C)CN[C@@H](Cc1ccc(OC(=O)OC)c(OC(=O)OC)c1)C(=O)O. The maximum Gasteiger partial charge on any atom is 0.513 e. The van der Waals surface area contributed by atoms with Gasteiger partial charge < -0.3 is 38.8 Å². The molecule has 33 heavy (non-hydrogen) atoms. The zero-order valence-corrected chi connectivity index (χ0v) is 19.0. The lowest BCUT2D eigenvalue weighted by Gasteiger charge is -2.19. The Bertz CT molecular complexity index is 811. The van der Waals surface area contributed by atoms with Crippen LogP contribution in [0.3, 0.4) is 0 Å². The fourth-order valence-electron chi connectivity index (χ4n) is 2.44. The molecule has 0 saturated carbocycles. The number of rotatable bonds is 12. The van der Waals surface area contributed by atoms with Crippen LogP contribution in [0.2, 0.25) is 0 Å². The Hall–Kier alpha value is -3.54. The summed E-state index contributed by atoms with van der Waals surface area (Å²) < 4.78 is 28.7. The zero-order valence-electron chi connectivity index (χ0n) is 19.0. The van der Waals surface area contributed by atoms with Crippen molar-refractivity contribution in [1.82, 2.24) is 5.32 Å². The van der Waals surface area contributed by atoms with Gasteiger partial charge in [-0.3, -0.25) is 4.79 Å². The molecule has 0 aliphatic rings. The molecule has 1 rings (SSSR count). The van der Waals surface area contributed by atoms with Gasteiger partial charge in [-0.25, -0.2) is 14.4 Å². The molecule has 2 N–H and O–H groups in total. The van der Waals surface area contributed by atoms with Gasteiger partial charge >= 0.3 is 24.4 Å². The minimum atomic E-state index is -1.15. The van der Waals surface area contributed by atoms with Crippen LogP contribution >= 0.6 is 0 Å². The Labute approximate surface area is 191 Å². The van der Waals surface area contributed by atoms with Gasteiger partial charge in [0.25, 0.3) is 0 Å². The second-order valence-corrected chi connectivity index (χ2v) is 6.78. The van der Waals surface area contributed by atoms with Crippen LogP contribution < -0.4 is 14.8 Å². The predicted octanol–water partition coefficient (Wildman–Crippen LogP) is 2.90. The van der Waals surface area contributed by atoms with E-state index < -0.39 is 36.6 Å². The van der Waals surface area contributed by atoms with Crippen LogP contribution in [0.5, 0.6) is 11.5 Å². The molecule has 1 aromatic rings. The second-order valence-electron chi connectivity index (χ2n) is 6.78. The van der Waals surface area contributed by atoms with Crippen molar-refractivity contribution < 1.29 is 52.7 Å². The molecule has 0 aliphatic heterocycles. The fourth-order valence-corrected chi connectivity index (χ4v) is 2.44. The molecule has 1 unspecified atom stereocenters. The first-order chi connectivity index (χ1) is 15.7. The van der Waals surface area contributed by atoms with Crippen molar-refractivity contribution in [2.24, 2.45) is 0 Å². The molecule has 0 spiro atoms. The molecule has 0 aromatic heterocycles. The largest absolute Gasteiger partial charge is 0.513 e. The van der Waals surface area contributed by atoms with E-state index in [-0.39, 0.29) is 31.1 Å². The summed E-state index contributed by atoms with van der Waals surface area (Å²) >= 11 is 0. The lowest BCUT2D eigenvalue weighted by Crippen LogP contribution is -2.42. The van der Waals surface area contributed by atoms with Gasteiger partial charge in [-0.15, -0.1) is 0 Å². The number of hydrogen-bond donors (Lipinski definition) is 2. The van der Waals surface area contributed by atoms with Gasteiger partial charge in [0.1, 0.15) is 12.1 Å². The highest BCUT2D eigenvalue weighted by atomic mass is 16.7. The molecule has 12 heteroatoms. The third-order valence-electron chi connectivity index (χ3n) is 4.13. The molecule has 0 amide bonds. The van der Waals surface area contributed by atoms with Crippen molar-refractivity contribution in [3.8, 4) is 11.5 Å². The Morgan fingerprint density at radius 1 is 1.00 bits per heavy atom. The molecule has 12 nitrogen and oxygen atoms in total. The number of carboxylic acids is 1. The third kappa shape index (κ3) is 10.5. The average molecular weight is 471 g/mol. The van der Waals surface area contributed by atoms with Gasteiger partial charge in [0, 0.05) is 6.54 Å². The van der Waals surface area contributed by atoms with Crippen molar-refractivity contribution >= 4 is 24.4 Å². The van der Waals surface area contributed by atoms with Gasteiger partial charge in [0.2, 0.25) is 0 Å². The van der Waals surface area contributed by atoms with Gasteiger partial charge in [-0.1, -0.05) is 19.4 Å². The quantitative estimate of drug-likeness (QED) is 0.199. The van der Waals surface area contributed by atoms with Crippen molar-refractivity contribution in [2.45, 2.75) is 45.3 Å². The predicted molar refractivity (Wildman–Crippen MR) is 112 cm³/mol.